The highest BCUT2D eigenvalue weighted by atomic mass is 79.9. The van der Waals surface area contributed by atoms with Crippen molar-refractivity contribution in [2.75, 3.05) is 6.61 Å². The molecule has 0 aromatic heterocycles. The van der Waals surface area contributed by atoms with E-state index in [-0.39, 0.29) is 24.5 Å². The molecule has 0 fully saturated rings. The van der Waals surface area contributed by atoms with Crippen LogP contribution in [0.5, 0.6) is 5.75 Å². The van der Waals surface area contributed by atoms with E-state index in [4.69, 9.17) is 4.74 Å². The summed E-state index contributed by atoms with van der Waals surface area (Å²) in [5.41, 5.74) is 2.11. The van der Waals surface area contributed by atoms with Gasteiger partial charge in [0.05, 0.1) is 4.47 Å². The molecule has 0 saturated heterocycles. The molecule has 0 aliphatic carbocycles. The molecule has 0 heterocycles. The molecule has 0 bridgehead atoms. The lowest BCUT2D eigenvalue weighted by molar-refractivity contribution is -0.142. The average Bonchev–Trinajstić information content (AvgIpc) is 2.71. The zero-order chi connectivity index (χ0) is 22.3. The van der Waals surface area contributed by atoms with Crippen molar-refractivity contribution in [2.24, 2.45) is 0 Å². The van der Waals surface area contributed by atoms with Crippen LogP contribution >= 0.6 is 31.9 Å². The number of nitrogens with one attached hydrogen (secondary N) is 1. The number of ether oxygens (including phenoxy) is 1. The van der Waals surface area contributed by atoms with E-state index in [9.17, 15) is 9.59 Å². The minimum atomic E-state index is -0.627. The molecule has 2 rings (SSSR count). The van der Waals surface area contributed by atoms with E-state index in [1.165, 1.54) is 5.56 Å². The molecule has 2 aromatic rings. The maximum absolute atomic E-state index is 13.1. The molecule has 0 aliphatic heterocycles. The topological polar surface area (TPSA) is 58.6 Å². The summed E-state index contributed by atoms with van der Waals surface area (Å²) < 4.78 is 7.53. The van der Waals surface area contributed by atoms with Crippen molar-refractivity contribution in [1.29, 1.82) is 0 Å². The smallest absolute Gasteiger partial charge is 0.261 e. The lowest BCUT2D eigenvalue weighted by Crippen LogP contribution is -2.50. The van der Waals surface area contributed by atoms with Gasteiger partial charge in [-0.3, -0.25) is 9.59 Å². The Balaban J connectivity index is 2.16. The number of rotatable bonds is 9. The summed E-state index contributed by atoms with van der Waals surface area (Å²) >= 11 is 6.91. The molecule has 0 unspecified atom stereocenters. The molecule has 2 aromatic carbocycles. The SMILES string of the molecule is CCc1ccc(OCC(=O)N(Cc2ccc(Br)cc2)[C@@H](C)C(=O)NC(C)C)c(Br)c1. The second-order valence-corrected chi connectivity index (χ2v) is 9.16. The van der Waals surface area contributed by atoms with Gasteiger partial charge in [0.2, 0.25) is 5.91 Å². The van der Waals surface area contributed by atoms with Gasteiger partial charge in [-0.15, -0.1) is 0 Å². The fourth-order valence-electron chi connectivity index (χ4n) is 2.88. The molecule has 1 atom stereocenters. The first kappa shape index (κ1) is 24.4. The Morgan fingerprint density at radius 2 is 1.67 bits per heavy atom. The molecule has 30 heavy (non-hydrogen) atoms. The summed E-state index contributed by atoms with van der Waals surface area (Å²) in [6, 6.07) is 12.9. The zero-order valence-corrected chi connectivity index (χ0v) is 20.9. The Bertz CT molecular complexity index is 869. The molecular formula is C23H28Br2N2O3. The maximum atomic E-state index is 13.1. The molecule has 162 valence electrons. The highest BCUT2D eigenvalue weighted by Gasteiger charge is 2.27. The van der Waals surface area contributed by atoms with Gasteiger partial charge in [-0.1, -0.05) is 41.1 Å². The van der Waals surface area contributed by atoms with Crippen molar-refractivity contribution < 1.29 is 14.3 Å². The molecule has 2 amide bonds. The summed E-state index contributed by atoms with van der Waals surface area (Å²) in [5, 5.41) is 2.88. The molecule has 0 radical (unpaired) electrons. The number of carbonyl (C=O) groups is 2. The number of aryl methyl sites for hydroxylation is 1. The van der Waals surface area contributed by atoms with Crippen molar-refractivity contribution >= 4 is 43.7 Å². The number of benzene rings is 2. The minimum absolute atomic E-state index is 0.00568. The van der Waals surface area contributed by atoms with E-state index in [2.05, 4.69) is 44.1 Å². The summed E-state index contributed by atoms with van der Waals surface area (Å²) in [4.78, 5) is 27.2. The van der Waals surface area contributed by atoms with Crippen LogP contribution in [-0.2, 0) is 22.6 Å². The van der Waals surface area contributed by atoms with Crippen LogP contribution in [-0.4, -0.2) is 35.4 Å². The first-order valence-electron chi connectivity index (χ1n) is 9.96. The summed E-state index contributed by atoms with van der Waals surface area (Å²) in [7, 11) is 0. The van der Waals surface area contributed by atoms with Crippen molar-refractivity contribution in [3.05, 3.63) is 62.5 Å². The quantitative estimate of drug-likeness (QED) is 0.482. The fraction of sp³-hybridized carbons (Fsp3) is 0.391. The highest BCUT2D eigenvalue weighted by molar-refractivity contribution is 9.10. The minimum Gasteiger partial charge on any atom is -0.483 e. The normalized spacial score (nSPS) is 11.8. The average molecular weight is 540 g/mol. The first-order chi connectivity index (χ1) is 14.2. The van der Waals surface area contributed by atoms with Gasteiger partial charge < -0.3 is 15.0 Å². The first-order valence-corrected chi connectivity index (χ1v) is 11.5. The van der Waals surface area contributed by atoms with E-state index in [0.29, 0.717) is 12.3 Å². The Labute approximate surface area is 195 Å². The predicted molar refractivity (Wildman–Crippen MR) is 126 cm³/mol. The fourth-order valence-corrected chi connectivity index (χ4v) is 3.68. The molecule has 0 spiro atoms. The second-order valence-electron chi connectivity index (χ2n) is 7.39. The number of nitrogens with zero attached hydrogens (tertiary/aromatic N) is 1. The maximum Gasteiger partial charge on any atom is 0.261 e. The van der Waals surface area contributed by atoms with E-state index in [1.807, 2.05) is 56.3 Å². The van der Waals surface area contributed by atoms with Gasteiger partial charge >= 0.3 is 0 Å². The standard InChI is InChI=1S/C23H28Br2N2O3/c1-5-17-8-11-21(20(25)12-17)30-14-22(28)27(16(4)23(29)26-15(2)3)13-18-6-9-19(24)10-7-18/h6-12,15-16H,5,13-14H2,1-4H3,(H,26,29)/t16-/m0/s1. The van der Waals surface area contributed by atoms with Crippen LogP contribution < -0.4 is 10.1 Å². The van der Waals surface area contributed by atoms with Gasteiger partial charge in [0.15, 0.2) is 6.61 Å². The summed E-state index contributed by atoms with van der Waals surface area (Å²) in [6.07, 6.45) is 0.918. The third kappa shape index (κ3) is 7.13. The lowest BCUT2D eigenvalue weighted by atomic mass is 10.1. The van der Waals surface area contributed by atoms with Crippen LogP contribution in [0.3, 0.4) is 0 Å². The zero-order valence-electron chi connectivity index (χ0n) is 17.7. The van der Waals surface area contributed by atoms with Crippen molar-refractivity contribution in [2.45, 2.75) is 52.7 Å². The largest absolute Gasteiger partial charge is 0.483 e. The molecule has 0 aliphatic rings. The van der Waals surface area contributed by atoms with Gasteiger partial charge in [0, 0.05) is 17.1 Å². The van der Waals surface area contributed by atoms with Gasteiger partial charge in [-0.25, -0.2) is 0 Å². The summed E-state index contributed by atoms with van der Waals surface area (Å²) in [5.74, 6) is 0.156. The van der Waals surface area contributed by atoms with Crippen LogP contribution in [0.2, 0.25) is 0 Å². The number of halogens is 2. The van der Waals surface area contributed by atoms with Gasteiger partial charge in [-0.2, -0.15) is 0 Å². The Morgan fingerprint density at radius 3 is 2.23 bits per heavy atom. The van der Waals surface area contributed by atoms with Crippen LogP contribution in [0.25, 0.3) is 0 Å². The number of hydrogen-bond donors (Lipinski definition) is 1. The molecule has 7 heteroatoms. The van der Waals surface area contributed by atoms with E-state index >= 15 is 0 Å². The van der Waals surface area contributed by atoms with Crippen molar-refractivity contribution in [3.63, 3.8) is 0 Å². The van der Waals surface area contributed by atoms with Gasteiger partial charge in [0.1, 0.15) is 11.8 Å². The molecule has 1 N–H and O–H groups in total. The van der Waals surface area contributed by atoms with Crippen LogP contribution in [0.4, 0.5) is 0 Å². The van der Waals surface area contributed by atoms with Crippen LogP contribution in [0.15, 0.2) is 51.4 Å². The molecule has 5 nitrogen and oxygen atoms in total. The van der Waals surface area contributed by atoms with E-state index in [0.717, 1.165) is 20.9 Å². The number of amides is 2. The number of hydrogen-bond acceptors (Lipinski definition) is 3. The van der Waals surface area contributed by atoms with Gasteiger partial charge in [-0.05, 0) is 78.5 Å². The molecular weight excluding hydrogens is 512 g/mol. The van der Waals surface area contributed by atoms with Crippen molar-refractivity contribution in [1.82, 2.24) is 10.2 Å². The lowest BCUT2D eigenvalue weighted by Gasteiger charge is -2.29. The van der Waals surface area contributed by atoms with Crippen LogP contribution in [0, 0.1) is 0 Å². The molecule has 0 saturated carbocycles. The number of carbonyl (C=O) groups excluding carboxylic acids is 2. The Kier molecular flexibility index (Phi) is 9.37. The third-order valence-electron chi connectivity index (χ3n) is 4.62. The van der Waals surface area contributed by atoms with Crippen LogP contribution in [0.1, 0.15) is 38.8 Å². The monoisotopic (exact) mass is 538 g/mol. The Morgan fingerprint density at radius 1 is 1.03 bits per heavy atom. The van der Waals surface area contributed by atoms with E-state index in [1.54, 1.807) is 11.8 Å². The highest BCUT2D eigenvalue weighted by Crippen LogP contribution is 2.26. The van der Waals surface area contributed by atoms with E-state index < -0.39 is 6.04 Å². The van der Waals surface area contributed by atoms with Crippen molar-refractivity contribution in [3.8, 4) is 5.75 Å². The van der Waals surface area contributed by atoms with Gasteiger partial charge in [0.25, 0.3) is 5.91 Å². The predicted octanol–water partition coefficient (Wildman–Crippen LogP) is 5.09. The third-order valence-corrected chi connectivity index (χ3v) is 5.77. The summed E-state index contributed by atoms with van der Waals surface area (Å²) in [6.45, 7) is 7.77. The second kappa shape index (κ2) is 11.5. The Hall–Kier alpha value is -1.86.